The second kappa shape index (κ2) is 5.30. The van der Waals surface area contributed by atoms with Crippen LogP contribution in [0.1, 0.15) is 43.4 Å². The van der Waals surface area contributed by atoms with E-state index in [-0.39, 0.29) is 6.61 Å². The Kier molecular flexibility index (Phi) is 3.35. The lowest BCUT2D eigenvalue weighted by Gasteiger charge is -2.04. The second-order valence-electron chi connectivity index (χ2n) is 4.88. The fourth-order valence-corrected chi connectivity index (χ4v) is 2.41. The van der Waals surface area contributed by atoms with Crippen LogP contribution in [0.15, 0.2) is 28.7 Å². The van der Waals surface area contributed by atoms with Crippen LogP contribution >= 0.6 is 0 Å². The molecule has 2 aromatic rings. The minimum atomic E-state index is 0.281. The first-order chi connectivity index (χ1) is 9.31. The predicted octanol–water partition coefficient (Wildman–Crippen LogP) is 2.89. The van der Waals surface area contributed by atoms with E-state index in [1.807, 2.05) is 18.2 Å². The van der Waals surface area contributed by atoms with E-state index in [1.165, 1.54) is 12.8 Å². The zero-order valence-electron chi connectivity index (χ0n) is 10.7. The Balaban J connectivity index is 1.61. The van der Waals surface area contributed by atoms with Gasteiger partial charge >= 0.3 is 0 Å². The molecule has 1 heterocycles. The number of benzene rings is 1. The van der Waals surface area contributed by atoms with Crippen molar-refractivity contribution < 1.29 is 9.15 Å². The van der Waals surface area contributed by atoms with Gasteiger partial charge in [0.05, 0.1) is 0 Å². The van der Waals surface area contributed by atoms with Gasteiger partial charge in [-0.2, -0.15) is 0 Å². The summed E-state index contributed by atoms with van der Waals surface area (Å²) in [6, 6.07) is 7.29. The summed E-state index contributed by atoms with van der Waals surface area (Å²) < 4.78 is 11.2. The summed E-state index contributed by atoms with van der Waals surface area (Å²) in [5, 5.41) is 8.13. The molecule has 0 aliphatic heterocycles. The van der Waals surface area contributed by atoms with Gasteiger partial charge in [-0.3, -0.25) is 0 Å². The summed E-state index contributed by atoms with van der Waals surface area (Å²) in [6.45, 7) is 0.281. The Labute approximate surface area is 111 Å². The third-order valence-electron chi connectivity index (χ3n) is 3.41. The Bertz CT molecular complexity index is 547. The zero-order chi connectivity index (χ0) is 13.1. The van der Waals surface area contributed by atoms with Gasteiger partial charge in [0.15, 0.2) is 6.61 Å². The van der Waals surface area contributed by atoms with Crippen LogP contribution in [-0.4, -0.2) is 10.2 Å². The standard InChI is InChI=1S/C14H17N3O2/c15-11-6-3-7-12(8-11)18-9-13-16-17-14(19-13)10-4-1-2-5-10/h3,6-8,10H,1-2,4-5,9,15H2. The van der Waals surface area contributed by atoms with Crippen LogP contribution < -0.4 is 10.5 Å². The fourth-order valence-electron chi connectivity index (χ4n) is 2.41. The van der Waals surface area contributed by atoms with Crippen molar-refractivity contribution in [3.05, 3.63) is 36.0 Å². The van der Waals surface area contributed by atoms with Crippen molar-refractivity contribution in [3.63, 3.8) is 0 Å². The van der Waals surface area contributed by atoms with E-state index >= 15 is 0 Å². The second-order valence-corrected chi connectivity index (χ2v) is 4.88. The number of ether oxygens (including phenoxy) is 1. The van der Waals surface area contributed by atoms with Gasteiger partial charge < -0.3 is 14.9 Å². The number of nitrogen functional groups attached to an aromatic ring is 1. The molecule has 0 bridgehead atoms. The van der Waals surface area contributed by atoms with Crippen molar-refractivity contribution in [2.45, 2.75) is 38.2 Å². The highest BCUT2D eigenvalue weighted by molar-refractivity contribution is 5.43. The molecule has 5 heteroatoms. The molecule has 1 saturated carbocycles. The maximum Gasteiger partial charge on any atom is 0.253 e. The first-order valence-corrected chi connectivity index (χ1v) is 6.62. The number of anilines is 1. The van der Waals surface area contributed by atoms with Crippen LogP contribution in [0.2, 0.25) is 0 Å². The van der Waals surface area contributed by atoms with Crippen LogP contribution in [0.5, 0.6) is 5.75 Å². The molecule has 0 radical (unpaired) electrons. The SMILES string of the molecule is Nc1cccc(OCc2nnc(C3CCCC3)o2)c1. The molecule has 0 amide bonds. The largest absolute Gasteiger partial charge is 0.484 e. The highest BCUT2D eigenvalue weighted by Gasteiger charge is 2.22. The molecule has 0 unspecified atom stereocenters. The van der Waals surface area contributed by atoms with Gasteiger partial charge in [0.1, 0.15) is 5.75 Å². The first kappa shape index (κ1) is 12.0. The lowest BCUT2D eigenvalue weighted by atomic mass is 10.1. The summed E-state index contributed by atoms with van der Waals surface area (Å²) in [7, 11) is 0. The van der Waals surface area contributed by atoms with E-state index in [2.05, 4.69) is 10.2 Å². The molecule has 1 aromatic heterocycles. The Morgan fingerprint density at radius 1 is 1.26 bits per heavy atom. The zero-order valence-corrected chi connectivity index (χ0v) is 10.7. The molecule has 0 atom stereocenters. The monoisotopic (exact) mass is 259 g/mol. The summed E-state index contributed by atoms with van der Waals surface area (Å²) in [6.07, 6.45) is 4.81. The fraction of sp³-hybridized carbons (Fsp3) is 0.429. The quantitative estimate of drug-likeness (QED) is 0.854. The minimum Gasteiger partial charge on any atom is -0.484 e. The molecule has 0 spiro atoms. The number of aromatic nitrogens is 2. The molecule has 1 aliphatic rings. The summed E-state index contributed by atoms with van der Waals surface area (Å²) in [5.74, 6) is 2.42. The normalized spacial score (nSPS) is 15.8. The van der Waals surface area contributed by atoms with Gasteiger partial charge in [-0.25, -0.2) is 0 Å². The lowest BCUT2D eigenvalue weighted by Crippen LogP contribution is -1.96. The van der Waals surface area contributed by atoms with E-state index in [9.17, 15) is 0 Å². The van der Waals surface area contributed by atoms with E-state index in [0.717, 1.165) is 18.7 Å². The third-order valence-corrected chi connectivity index (χ3v) is 3.41. The van der Waals surface area contributed by atoms with Gasteiger partial charge in [0.2, 0.25) is 5.89 Å². The molecule has 3 rings (SSSR count). The highest BCUT2D eigenvalue weighted by Crippen LogP contribution is 2.33. The Hall–Kier alpha value is -2.04. The van der Waals surface area contributed by atoms with E-state index in [0.29, 0.717) is 23.2 Å². The number of hydrogen-bond donors (Lipinski definition) is 1. The smallest absolute Gasteiger partial charge is 0.253 e. The van der Waals surface area contributed by atoms with E-state index in [1.54, 1.807) is 6.07 Å². The molecular formula is C14H17N3O2. The van der Waals surface area contributed by atoms with Crippen molar-refractivity contribution in [2.24, 2.45) is 0 Å². The summed E-state index contributed by atoms with van der Waals surface area (Å²) in [4.78, 5) is 0. The predicted molar refractivity (Wildman–Crippen MR) is 70.7 cm³/mol. The topological polar surface area (TPSA) is 74.2 Å². The molecule has 2 N–H and O–H groups in total. The van der Waals surface area contributed by atoms with Crippen molar-refractivity contribution in [2.75, 3.05) is 5.73 Å². The summed E-state index contributed by atoms with van der Waals surface area (Å²) >= 11 is 0. The lowest BCUT2D eigenvalue weighted by molar-refractivity contribution is 0.256. The minimum absolute atomic E-state index is 0.281. The number of nitrogens with zero attached hydrogens (tertiary/aromatic N) is 2. The molecule has 5 nitrogen and oxygen atoms in total. The van der Waals surface area contributed by atoms with Crippen LogP contribution in [0, 0.1) is 0 Å². The van der Waals surface area contributed by atoms with Crippen LogP contribution in [0.25, 0.3) is 0 Å². The van der Waals surface area contributed by atoms with Gasteiger partial charge in [0, 0.05) is 17.7 Å². The maximum atomic E-state index is 5.68. The van der Waals surface area contributed by atoms with Crippen molar-refractivity contribution in [1.29, 1.82) is 0 Å². The molecule has 1 aromatic carbocycles. The van der Waals surface area contributed by atoms with Crippen LogP contribution in [-0.2, 0) is 6.61 Å². The summed E-state index contributed by atoms with van der Waals surface area (Å²) in [5.41, 5.74) is 6.36. The molecule has 19 heavy (non-hydrogen) atoms. The van der Waals surface area contributed by atoms with Crippen LogP contribution in [0.3, 0.4) is 0 Å². The third kappa shape index (κ3) is 2.86. The number of rotatable bonds is 4. The molecular weight excluding hydrogens is 242 g/mol. The van der Waals surface area contributed by atoms with Gasteiger partial charge in [0.25, 0.3) is 5.89 Å². The molecule has 1 aliphatic carbocycles. The molecule has 0 saturated heterocycles. The van der Waals surface area contributed by atoms with Gasteiger partial charge in [-0.15, -0.1) is 10.2 Å². The van der Waals surface area contributed by atoms with E-state index < -0.39 is 0 Å². The van der Waals surface area contributed by atoms with Crippen molar-refractivity contribution in [3.8, 4) is 5.75 Å². The first-order valence-electron chi connectivity index (χ1n) is 6.62. The van der Waals surface area contributed by atoms with Crippen molar-refractivity contribution >= 4 is 5.69 Å². The van der Waals surface area contributed by atoms with Crippen molar-refractivity contribution in [1.82, 2.24) is 10.2 Å². The average Bonchev–Trinajstić information content (AvgIpc) is 3.07. The average molecular weight is 259 g/mol. The van der Waals surface area contributed by atoms with E-state index in [4.69, 9.17) is 14.9 Å². The number of hydrogen-bond acceptors (Lipinski definition) is 5. The molecule has 1 fully saturated rings. The Morgan fingerprint density at radius 2 is 2.11 bits per heavy atom. The van der Waals surface area contributed by atoms with Crippen LogP contribution in [0.4, 0.5) is 5.69 Å². The molecule has 100 valence electrons. The highest BCUT2D eigenvalue weighted by atomic mass is 16.5. The maximum absolute atomic E-state index is 5.68. The van der Waals surface area contributed by atoms with Gasteiger partial charge in [-0.05, 0) is 25.0 Å². The number of nitrogens with two attached hydrogens (primary N) is 1. The van der Waals surface area contributed by atoms with Gasteiger partial charge in [-0.1, -0.05) is 18.9 Å². The Morgan fingerprint density at radius 3 is 2.89 bits per heavy atom.